The molecule has 1 aromatic rings. The van der Waals surface area contributed by atoms with E-state index < -0.39 is 17.5 Å². The van der Waals surface area contributed by atoms with Crippen LogP contribution in [0.4, 0.5) is 0 Å². The molecule has 0 aromatic heterocycles. The van der Waals surface area contributed by atoms with Gasteiger partial charge < -0.3 is 14.9 Å². The molecule has 8 heteroatoms. The van der Waals surface area contributed by atoms with Gasteiger partial charge in [0.05, 0.1) is 5.02 Å². The largest absolute Gasteiger partial charge is 0.478 e. The number of hydrogen-bond donors (Lipinski definition) is 2. The quantitative estimate of drug-likeness (QED) is 0.591. The van der Waals surface area contributed by atoms with E-state index in [1.54, 1.807) is 12.1 Å². The number of fused-ring (bicyclic) bond motifs is 3. The smallest absolute Gasteiger partial charge is 0.359 e. The van der Waals surface area contributed by atoms with E-state index in [9.17, 15) is 24.6 Å². The minimum Gasteiger partial charge on any atom is -0.478 e. The number of aliphatic carboxylic acids is 2. The maximum absolute atomic E-state index is 12.1. The molecule has 29 heavy (non-hydrogen) atoms. The van der Waals surface area contributed by atoms with Gasteiger partial charge in [0.15, 0.2) is 5.78 Å². The summed E-state index contributed by atoms with van der Waals surface area (Å²) in [4.78, 5) is 35.1. The summed E-state index contributed by atoms with van der Waals surface area (Å²) in [5.41, 5.74) is -0.400. The Morgan fingerprint density at radius 1 is 1.24 bits per heavy atom. The van der Waals surface area contributed by atoms with Crippen LogP contribution in [-0.4, -0.2) is 33.5 Å². The number of carbonyl (C=O) groups is 3. The number of carboxylic acid groups (broad SMARTS) is 2. The van der Waals surface area contributed by atoms with E-state index in [0.29, 0.717) is 24.8 Å². The molecular weight excluding hydrogens is 419 g/mol. The highest BCUT2D eigenvalue weighted by Gasteiger charge is 2.48. The molecule has 2 aliphatic carbocycles. The fourth-order valence-corrected chi connectivity index (χ4v) is 4.69. The summed E-state index contributed by atoms with van der Waals surface area (Å²) in [7, 11) is 0. The highest BCUT2D eigenvalue weighted by Crippen LogP contribution is 2.58. The summed E-state index contributed by atoms with van der Waals surface area (Å²) in [6.45, 7) is 3.05. The van der Waals surface area contributed by atoms with Gasteiger partial charge in [0.25, 0.3) is 5.60 Å². The van der Waals surface area contributed by atoms with Crippen molar-refractivity contribution >= 4 is 46.5 Å². The predicted molar refractivity (Wildman–Crippen MR) is 109 cm³/mol. The minimum absolute atomic E-state index is 0.0387. The number of halogens is 2. The van der Waals surface area contributed by atoms with Crippen LogP contribution in [-0.2, 0) is 20.8 Å². The van der Waals surface area contributed by atoms with Crippen LogP contribution in [0.1, 0.15) is 57.1 Å². The van der Waals surface area contributed by atoms with Crippen molar-refractivity contribution < 1.29 is 29.3 Å². The van der Waals surface area contributed by atoms with Crippen molar-refractivity contribution in [3.63, 3.8) is 0 Å². The van der Waals surface area contributed by atoms with E-state index >= 15 is 0 Å². The van der Waals surface area contributed by atoms with Gasteiger partial charge >= 0.3 is 11.9 Å². The summed E-state index contributed by atoms with van der Waals surface area (Å²) in [6, 6.07) is 1.56. The molecule has 156 valence electrons. The number of benzene rings is 1. The monoisotopic (exact) mass is 440 g/mol. The van der Waals surface area contributed by atoms with Crippen LogP contribution < -0.4 is 4.74 Å². The van der Waals surface area contributed by atoms with Gasteiger partial charge in [0.1, 0.15) is 10.8 Å². The van der Waals surface area contributed by atoms with Crippen LogP contribution in [0, 0.1) is 5.41 Å². The second kappa shape index (κ2) is 7.65. The van der Waals surface area contributed by atoms with Gasteiger partial charge in [0, 0.05) is 17.4 Å². The molecule has 0 saturated heterocycles. The lowest BCUT2D eigenvalue weighted by molar-refractivity contribution is -0.170. The number of carbonyl (C=O) groups excluding carboxylic acids is 1. The lowest BCUT2D eigenvalue weighted by Gasteiger charge is -2.34. The summed E-state index contributed by atoms with van der Waals surface area (Å²) in [5, 5.41) is 18.7. The zero-order chi connectivity index (χ0) is 21.6. The molecule has 0 radical (unpaired) electrons. The Kier molecular flexibility index (Phi) is 5.71. The van der Waals surface area contributed by atoms with E-state index in [2.05, 4.69) is 6.92 Å². The Balaban J connectivity index is 2.11. The first-order valence-electron chi connectivity index (χ1n) is 9.48. The Labute approximate surface area is 178 Å². The first-order chi connectivity index (χ1) is 13.6. The van der Waals surface area contributed by atoms with Crippen molar-refractivity contribution in [1.29, 1.82) is 0 Å². The molecular formula is C21H22Cl2O6. The molecule has 1 atom stereocenters. The van der Waals surface area contributed by atoms with Crippen molar-refractivity contribution in [1.82, 2.24) is 0 Å². The van der Waals surface area contributed by atoms with E-state index in [1.165, 1.54) is 0 Å². The van der Waals surface area contributed by atoms with Crippen LogP contribution in [0.3, 0.4) is 0 Å². The number of ether oxygens (including phenoxy) is 1. The SMILES string of the molecule is CCCCC12CCC(=O)C=C1c1c(cc(OC(C)(C(=O)O)C(=O)O)c(Cl)c1Cl)C2. The highest BCUT2D eigenvalue weighted by atomic mass is 35.5. The van der Waals surface area contributed by atoms with Gasteiger partial charge in [-0.15, -0.1) is 0 Å². The van der Waals surface area contributed by atoms with E-state index in [0.717, 1.165) is 37.3 Å². The van der Waals surface area contributed by atoms with Crippen molar-refractivity contribution in [3.8, 4) is 5.75 Å². The van der Waals surface area contributed by atoms with Crippen LogP contribution in [0.15, 0.2) is 12.1 Å². The zero-order valence-corrected chi connectivity index (χ0v) is 17.7. The summed E-state index contributed by atoms with van der Waals surface area (Å²) >= 11 is 12.9. The lowest BCUT2D eigenvalue weighted by atomic mass is 9.69. The topological polar surface area (TPSA) is 101 Å². The molecule has 0 heterocycles. The number of rotatable bonds is 7. The Morgan fingerprint density at radius 3 is 2.48 bits per heavy atom. The standard InChI is InChI=1S/C21H22Cl2O6/c1-3-4-6-21-7-5-12(24)9-13(21)15-11(10-21)8-14(16(22)17(15)23)29-20(2,18(25)26)19(27)28/h8-9H,3-7,10H2,1-2H3,(H,25,26)(H,27,28). The number of carboxylic acids is 2. The zero-order valence-electron chi connectivity index (χ0n) is 16.2. The third kappa shape index (κ3) is 3.53. The van der Waals surface area contributed by atoms with Crippen molar-refractivity contribution in [3.05, 3.63) is 33.3 Å². The lowest BCUT2D eigenvalue weighted by Crippen LogP contribution is -2.49. The highest BCUT2D eigenvalue weighted by molar-refractivity contribution is 6.44. The van der Waals surface area contributed by atoms with Gasteiger partial charge in [0.2, 0.25) is 0 Å². The first kappa shape index (κ1) is 21.7. The second-order valence-corrected chi connectivity index (χ2v) is 8.62. The Bertz CT molecular complexity index is 922. The molecule has 0 aliphatic heterocycles. The van der Waals surface area contributed by atoms with Gasteiger partial charge in [-0.2, -0.15) is 0 Å². The van der Waals surface area contributed by atoms with E-state index in [4.69, 9.17) is 27.9 Å². The van der Waals surface area contributed by atoms with Crippen LogP contribution in [0.25, 0.3) is 5.57 Å². The number of unbranched alkanes of at least 4 members (excludes halogenated alkanes) is 1. The first-order valence-corrected chi connectivity index (χ1v) is 10.2. The van der Waals surface area contributed by atoms with Crippen LogP contribution in [0.5, 0.6) is 5.75 Å². The Hall–Kier alpha value is -2.05. The fraction of sp³-hybridized carbons (Fsp3) is 0.476. The minimum atomic E-state index is -2.51. The summed E-state index contributed by atoms with van der Waals surface area (Å²) in [5.74, 6) is -3.37. The van der Waals surface area contributed by atoms with Crippen LogP contribution >= 0.6 is 23.2 Å². The molecule has 1 unspecified atom stereocenters. The average Bonchev–Trinajstić information content (AvgIpc) is 2.97. The summed E-state index contributed by atoms with van der Waals surface area (Å²) < 4.78 is 5.35. The van der Waals surface area contributed by atoms with E-state index in [1.807, 2.05) is 0 Å². The van der Waals surface area contributed by atoms with Crippen molar-refractivity contribution in [2.75, 3.05) is 0 Å². The molecule has 3 rings (SSSR count). The predicted octanol–water partition coefficient (Wildman–Crippen LogP) is 4.78. The van der Waals surface area contributed by atoms with Gasteiger partial charge in [-0.05, 0) is 49.5 Å². The summed E-state index contributed by atoms with van der Waals surface area (Å²) in [6.07, 6.45) is 6.33. The Morgan fingerprint density at radius 2 is 1.90 bits per heavy atom. The number of hydrogen-bond acceptors (Lipinski definition) is 4. The van der Waals surface area contributed by atoms with Crippen molar-refractivity contribution in [2.45, 2.75) is 58.0 Å². The molecule has 0 fully saturated rings. The van der Waals surface area contributed by atoms with Gasteiger partial charge in [-0.3, -0.25) is 4.79 Å². The third-order valence-electron chi connectivity index (χ3n) is 5.92. The molecule has 0 saturated carbocycles. The second-order valence-electron chi connectivity index (χ2n) is 7.87. The molecule has 2 aliphatic rings. The van der Waals surface area contributed by atoms with Crippen molar-refractivity contribution in [2.24, 2.45) is 5.41 Å². The number of ketones is 1. The third-order valence-corrected chi connectivity index (χ3v) is 6.77. The molecule has 0 amide bonds. The normalized spacial score (nSPS) is 20.7. The molecule has 2 N–H and O–H groups in total. The molecule has 1 aromatic carbocycles. The number of allylic oxidation sites excluding steroid dienone is 2. The fourth-order valence-electron chi connectivity index (χ4n) is 4.19. The molecule has 0 spiro atoms. The van der Waals surface area contributed by atoms with E-state index in [-0.39, 0.29) is 27.0 Å². The molecule has 6 nitrogen and oxygen atoms in total. The maximum Gasteiger partial charge on any atom is 0.359 e. The van der Waals surface area contributed by atoms with Gasteiger partial charge in [-0.1, -0.05) is 43.0 Å². The maximum atomic E-state index is 12.1. The van der Waals surface area contributed by atoms with Gasteiger partial charge in [-0.25, -0.2) is 9.59 Å². The molecule has 0 bridgehead atoms. The van der Waals surface area contributed by atoms with Crippen LogP contribution in [0.2, 0.25) is 10.0 Å². The average molecular weight is 441 g/mol.